The van der Waals surface area contributed by atoms with Crippen LogP contribution in [0.15, 0.2) is 36.5 Å². The van der Waals surface area contributed by atoms with Gasteiger partial charge in [-0.3, -0.25) is 9.59 Å². The highest BCUT2D eigenvalue weighted by Crippen LogP contribution is 2.15. The van der Waals surface area contributed by atoms with Crippen molar-refractivity contribution in [3.63, 3.8) is 0 Å². The number of aliphatic carboxylic acids is 1. The molecule has 0 N–H and O–H groups in total. The standard InChI is InChI=1S/C48H87NO7/c1-6-8-10-12-14-16-17-18-19-20-21-22-23-24-25-26-27-28-29-31-32-34-36-38-46(50)55-43-44(42-54-41-40-45(48(52)53)49(3,4)5)56-47(51)39-37-35-33-30-15-13-11-9-7-2/h8,10,14,16,18-19,44-45H,6-7,9,11-13,15,17,20-43H2,1-5H3/b10-8+,16-14+,19-18+. The monoisotopic (exact) mass is 790 g/mol. The molecule has 0 heterocycles. The van der Waals surface area contributed by atoms with Gasteiger partial charge in [0.2, 0.25) is 0 Å². The lowest BCUT2D eigenvalue weighted by molar-refractivity contribution is -0.889. The third-order valence-corrected chi connectivity index (χ3v) is 10.3. The molecular weight excluding hydrogens is 703 g/mol. The number of unbranched alkanes of at least 4 members (excludes halogenated alkanes) is 21. The average molecular weight is 790 g/mol. The van der Waals surface area contributed by atoms with Crippen molar-refractivity contribution < 1.29 is 38.2 Å². The lowest BCUT2D eigenvalue weighted by Crippen LogP contribution is -2.55. The quantitative estimate of drug-likeness (QED) is 0.0263. The summed E-state index contributed by atoms with van der Waals surface area (Å²) in [4.78, 5) is 36.8. The summed E-state index contributed by atoms with van der Waals surface area (Å²) >= 11 is 0. The van der Waals surface area contributed by atoms with Gasteiger partial charge in [0.1, 0.15) is 12.6 Å². The Hall–Kier alpha value is -2.45. The third kappa shape index (κ3) is 37.1. The summed E-state index contributed by atoms with van der Waals surface area (Å²) in [6, 6.07) is -0.722. The SMILES string of the molecule is CC/C=C/C/C=C/C/C=C/CCCCCCCCCCCCCCCC(=O)OCC(COCCC(C(=O)[O-])[N+](C)(C)C)OC(=O)CCCCCCCCCCC. The van der Waals surface area contributed by atoms with Gasteiger partial charge in [-0.1, -0.05) is 172 Å². The van der Waals surface area contributed by atoms with Crippen molar-refractivity contribution in [2.75, 3.05) is 41.0 Å². The Balaban J connectivity index is 4.13. The zero-order valence-corrected chi connectivity index (χ0v) is 37.1. The Labute approximate surface area is 344 Å². The van der Waals surface area contributed by atoms with Crippen LogP contribution in [0, 0.1) is 0 Å². The summed E-state index contributed by atoms with van der Waals surface area (Å²) in [5, 5.41) is 11.6. The molecule has 0 aliphatic carbocycles. The zero-order chi connectivity index (χ0) is 41.4. The Morgan fingerprint density at radius 3 is 1.48 bits per heavy atom. The van der Waals surface area contributed by atoms with E-state index in [-0.39, 0.29) is 42.7 Å². The smallest absolute Gasteiger partial charge is 0.306 e. The fourth-order valence-corrected chi connectivity index (χ4v) is 6.73. The van der Waals surface area contributed by atoms with Crippen molar-refractivity contribution >= 4 is 17.9 Å². The Kier molecular flexibility index (Phi) is 37.7. The van der Waals surface area contributed by atoms with E-state index in [0.29, 0.717) is 12.8 Å². The van der Waals surface area contributed by atoms with Crippen LogP contribution in [0.2, 0.25) is 0 Å². The minimum Gasteiger partial charge on any atom is -0.544 e. The molecule has 0 aliphatic rings. The number of allylic oxidation sites excluding steroid dienone is 6. The predicted octanol–water partition coefficient (Wildman–Crippen LogP) is 11.3. The molecule has 0 radical (unpaired) electrons. The molecule has 2 unspecified atom stereocenters. The number of carbonyl (C=O) groups is 3. The number of likely N-dealkylation sites (N-methyl/N-ethyl adjacent to an activating group) is 1. The molecule has 0 aromatic heterocycles. The Bertz CT molecular complexity index is 1020. The summed E-state index contributed by atoms with van der Waals surface area (Å²) in [5.74, 6) is -1.73. The first-order valence-corrected chi connectivity index (χ1v) is 23.0. The molecule has 0 spiro atoms. The fraction of sp³-hybridized carbons (Fsp3) is 0.812. The van der Waals surface area contributed by atoms with E-state index in [4.69, 9.17) is 14.2 Å². The molecule has 0 amide bonds. The van der Waals surface area contributed by atoms with Crippen LogP contribution < -0.4 is 5.11 Å². The molecule has 326 valence electrons. The molecule has 0 aliphatic heterocycles. The van der Waals surface area contributed by atoms with E-state index in [1.165, 1.54) is 109 Å². The fourth-order valence-electron chi connectivity index (χ4n) is 6.73. The van der Waals surface area contributed by atoms with Gasteiger partial charge in [0.25, 0.3) is 0 Å². The van der Waals surface area contributed by atoms with E-state index in [0.717, 1.165) is 57.8 Å². The minimum absolute atomic E-state index is 0.0436. The van der Waals surface area contributed by atoms with Crippen molar-refractivity contribution in [2.24, 2.45) is 0 Å². The molecule has 0 aromatic carbocycles. The molecule has 0 rings (SSSR count). The summed E-state index contributed by atoms with van der Waals surface area (Å²) in [6.45, 7) is 4.54. The molecular formula is C48H87NO7. The van der Waals surface area contributed by atoms with Crippen LogP contribution in [-0.4, -0.2) is 75.5 Å². The molecule has 0 bridgehead atoms. The number of nitrogens with zero attached hydrogens (tertiary/aromatic N) is 1. The number of quaternary nitrogens is 1. The lowest BCUT2D eigenvalue weighted by atomic mass is 10.0. The van der Waals surface area contributed by atoms with Crippen molar-refractivity contribution in [1.82, 2.24) is 0 Å². The molecule has 2 atom stereocenters. The minimum atomic E-state index is -1.12. The second-order valence-electron chi connectivity index (χ2n) is 16.6. The van der Waals surface area contributed by atoms with E-state index in [9.17, 15) is 19.5 Å². The molecule has 0 saturated carbocycles. The number of ether oxygens (including phenoxy) is 3. The van der Waals surface area contributed by atoms with Gasteiger partial charge in [0, 0.05) is 19.3 Å². The van der Waals surface area contributed by atoms with Gasteiger partial charge in [-0.15, -0.1) is 0 Å². The van der Waals surface area contributed by atoms with Crippen LogP contribution in [0.3, 0.4) is 0 Å². The van der Waals surface area contributed by atoms with E-state index < -0.39 is 18.1 Å². The largest absolute Gasteiger partial charge is 0.544 e. The van der Waals surface area contributed by atoms with Gasteiger partial charge in [-0.2, -0.15) is 0 Å². The van der Waals surface area contributed by atoms with Crippen LogP contribution in [-0.2, 0) is 28.6 Å². The number of esters is 2. The predicted molar refractivity (Wildman–Crippen MR) is 231 cm³/mol. The summed E-state index contributed by atoms with van der Waals surface area (Å²) in [6.07, 6.45) is 44.7. The number of carboxylic acids is 1. The third-order valence-electron chi connectivity index (χ3n) is 10.3. The average Bonchev–Trinajstić information content (AvgIpc) is 3.15. The van der Waals surface area contributed by atoms with Crippen LogP contribution in [0.5, 0.6) is 0 Å². The highest BCUT2D eigenvalue weighted by molar-refractivity contribution is 5.70. The van der Waals surface area contributed by atoms with Crippen LogP contribution in [0.1, 0.15) is 200 Å². The van der Waals surface area contributed by atoms with E-state index >= 15 is 0 Å². The van der Waals surface area contributed by atoms with Gasteiger partial charge < -0.3 is 28.6 Å². The first-order valence-electron chi connectivity index (χ1n) is 23.0. The zero-order valence-electron chi connectivity index (χ0n) is 37.1. The van der Waals surface area contributed by atoms with Crippen LogP contribution in [0.25, 0.3) is 0 Å². The second kappa shape index (κ2) is 39.4. The van der Waals surface area contributed by atoms with E-state index in [1.54, 1.807) is 21.1 Å². The van der Waals surface area contributed by atoms with Crippen molar-refractivity contribution in [2.45, 2.75) is 212 Å². The number of carboxylic acid groups (broad SMARTS) is 1. The van der Waals surface area contributed by atoms with E-state index in [1.807, 2.05) is 0 Å². The van der Waals surface area contributed by atoms with Gasteiger partial charge >= 0.3 is 11.9 Å². The molecule has 8 nitrogen and oxygen atoms in total. The van der Waals surface area contributed by atoms with Gasteiger partial charge in [-0.25, -0.2) is 0 Å². The number of hydrogen-bond acceptors (Lipinski definition) is 7. The number of carbonyl (C=O) groups excluding carboxylic acids is 3. The Morgan fingerprint density at radius 2 is 1.00 bits per heavy atom. The Morgan fingerprint density at radius 1 is 0.554 bits per heavy atom. The van der Waals surface area contributed by atoms with Crippen molar-refractivity contribution in [3.8, 4) is 0 Å². The molecule has 56 heavy (non-hydrogen) atoms. The molecule has 8 heteroatoms. The highest BCUT2D eigenvalue weighted by atomic mass is 16.6. The second-order valence-corrected chi connectivity index (χ2v) is 16.6. The number of rotatable bonds is 41. The highest BCUT2D eigenvalue weighted by Gasteiger charge is 2.25. The number of hydrogen-bond donors (Lipinski definition) is 0. The van der Waals surface area contributed by atoms with Crippen molar-refractivity contribution in [3.05, 3.63) is 36.5 Å². The molecule has 0 fully saturated rings. The van der Waals surface area contributed by atoms with E-state index in [2.05, 4.69) is 50.3 Å². The van der Waals surface area contributed by atoms with Gasteiger partial charge in [0.15, 0.2) is 6.10 Å². The summed E-state index contributed by atoms with van der Waals surface area (Å²) < 4.78 is 17.1. The maximum absolute atomic E-state index is 12.6. The normalized spacial score (nSPS) is 13.2. The summed E-state index contributed by atoms with van der Waals surface area (Å²) in [7, 11) is 5.41. The molecule has 0 aromatic rings. The topological polar surface area (TPSA) is 102 Å². The first-order chi connectivity index (χ1) is 27.1. The van der Waals surface area contributed by atoms with Gasteiger partial charge in [0.05, 0.1) is 40.3 Å². The van der Waals surface area contributed by atoms with Crippen molar-refractivity contribution in [1.29, 1.82) is 0 Å². The lowest BCUT2D eigenvalue weighted by Gasteiger charge is -2.34. The van der Waals surface area contributed by atoms with Crippen LogP contribution >= 0.6 is 0 Å². The maximum atomic E-state index is 12.6. The maximum Gasteiger partial charge on any atom is 0.306 e. The first kappa shape index (κ1) is 53.6. The van der Waals surface area contributed by atoms with Crippen LogP contribution in [0.4, 0.5) is 0 Å². The summed E-state index contributed by atoms with van der Waals surface area (Å²) in [5.41, 5.74) is 0. The molecule has 0 saturated heterocycles. The van der Waals surface area contributed by atoms with Gasteiger partial charge in [-0.05, 0) is 44.9 Å².